The van der Waals surface area contributed by atoms with Crippen LogP contribution in [0.5, 0.6) is 0 Å². The highest BCUT2D eigenvalue weighted by Gasteiger charge is 2.50. The summed E-state index contributed by atoms with van der Waals surface area (Å²) in [5.41, 5.74) is -0.746. The lowest BCUT2D eigenvalue weighted by molar-refractivity contribution is -0.143. The van der Waals surface area contributed by atoms with E-state index in [9.17, 15) is 9.59 Å². The van der Waals surface area contributed by atoms with Crippen molar-refractivity contribution < 1.29 is 14.7 Å². The molecule has 4 N–H and O–H groups in total. The van der Waals surface area contributed by atoms with Gasteiger partial charge in [-0.2, -0.15) is 5.10 Å². The van der Waals surface area contributed by atoms with Crippen LogP contribution in [0.3, 0.4) is 0 Å². The molecule has 1 aliphatic carbocycles. The SMILES string of the molecule is O=C(NCc1ncn[nH]1)NCC1(C(=O)O)CC1. The molecule has 8 heteroatoms. The minimum Gasteiger partial charge on any atom is -0.481 e. The van der Waals surface area contributed by atoms with E-state index in [1.165, 1.54) is 6.33 Å². The molecule has 2 rings (SSSR count). The number of urea groups is 1. The van der Waals surface area contributed by atoms with Gasteiger partial charge in [0.25, 0.3) is 0 Å². The highest BCUT2D eigenvalue weighted by atomic mass is 16.4. The fourth-order valence-electron chi connectivity index (χ4n) is 1.41. The number of hydrogen-bond donors (Lipinski definition) is 4. The highest BCUT2D eigenvalue weighted by Crippen LogP contribution is 2.45. The zero-order chi connectivity index (χ0) is 12.3. The molecule has 1 heterocycles. The van der Waals surface area contributed by atoms with Crippen molar-refractivity contribution in [3.63, 3.8) is 0 Å². The molecule has 1 fully saturated rings. The van der Waals surface area contributed by atoms with Gasteiger partial charge >= 0.3 is 12.0 Å². The predicted molar refractivity (Wildman–Crippen MR) is 55.9 cm³/mol. The number of carboxylic acid groups (broad SMARTS) is 1. The Labute approximate surface area is 96.8 Å². The summed E-state index contributed by atoms with van der Waals surface area (Å²) in [6, 6.07) is -0.408. The molecule has 1 aromatic heterocycles. The largest absolute Gasteiger partial charge is 0.481 e. The van der Waals surface area contributed by atoms with E-state index in [1.54, 1.807) is 0 Å². The van der Waals surface area contributed by atoms with Gasteiger partial charge in [0.15, 0.2) is 0 Å². The minimum absolute atomic E-state index is 0.157. The molecule has 0 spiro atoms. The summed E-state index contributed by atoms with van der Waals surface area (Å²) in [5.74, 6) is -0.312. The van der Waals surface area contributed by atoms with Gasteiger partial charge in [-0.05, 0) is 12.8 Å². The van der Waals surface area contributed by atoms with Crippen LogP contribution in [0.1, 0.15) is 18.7 Å². The first-order valence-electron chi connectivity index (χ1n) is 5.22. The second-order valence-corrected chi connectivity index (χ2v) is 4.05. The van der Waals surface area contributed by atoms with Gasteiger partial charge in [-0.1, -0.05) is 0 Å². The Hall–Kier alpha value is -2.12. The first kappa shape index (κ1) is 11.4. The topological polar surface area (TPSA) is 120 Å². The third-order valence-electron chi connectivity index (χ3n) is 2.78. The first-order valence-corrected chi connectivity index (χ1v) is 5.22. The van der Waals surface area contributed by atoms with Crippen molar-refractivity contribution in [3.05, 3.63) is 12.2 Å². The van der Waals surface area contributed by atoms with Crippen molar-refractivity contribution in [1.82, 2.24) is 25.8 Å². The summed E-state index contributed by atoms with van der Waals surface area (Å²) in [6.07, 6.45) is 2.58. The summed E-state index contributed by atoms with van der Waals surface area (Å²) >= 11 is 0. The summed E-state index contributed by atoms with van der Waals surface area (Å²) in [7, 11) is 0. The van der Waals surface area contributed by atoms with Gasteiger partial charge in [0, 0.05) is 6.54 Å². The molecule has 8 nitrogen and oxygen atoms in total. The molecule has 0 unspecified atom stereocenters. The van der Waals surface area contributed by atoms with Crippen LogP contribution in [0.15, 0.2) is 6.33 Å². The number of aromatic nitrogens is 3. The summed E-state index contributed by atoms with van der Waals surface area (Å²) < 4.78 is 0. The van der Waals surface area contributed by atoms with Crippen molar-refractivity contribution in [3.8, 4) is 0 Å². The van der Waals surface area contributed by atoms with Crippen molar-refractivity contribution in [2.24, 2.45) is 5.41 Å². The molecule has 1 saturated carbocycles. The molecule has 1 aliphatic rings. The van der Waals surface area contributed by atoms with E-state index >= 15 is 0 Å². The number of aliphatic carboxylic acids is 1. The van der Waals surface area contributed by atoms with Crippen LogP contribution >= 0.6 is 0 Å². The van der Waals surface area contributed by atoms with Crippen molar-refractivity contribution in [1.29, 1.82) is 0 Å². The van der Waals surface area contributed by atoms with E-state index in [0.717, 1.165) is 0 Å². The van der Waals surface area contributed by atoms with Crippen LogP contribution in [-0.2, 0) is 11.3 Å². The Balaban J connectivity index is 1.70. The normalized spacial score (nSPS) is 16.2. The lowest BCUT2D eigenvalue weighted by Gasteiger charge is -2.11. The Bertz CT molecular complexity index is 412. The molecular weight excluding hydrogens is 226 g/mol. The molecule has 0 bridgehead atoms. The number of carboxylic acids is 1. The first-order chi connectivity index (χ1) is 8.12. The van der Waals surface area contributed by atoms with Crippen LogP contribution < -0.4 is 10.6 Å². The van der Waals surface area contributed by atoms with E-state index in [0.29, 0.717) is 18.7 Å². The molecule has 92 valence electrons. The second-order valence-electron chi connectivity index (χ2n) is 4.05. The Morgan fingerprint density at radius 3 is 2.76 bits per heavy atom. The molecule has 0 atom stereocenters. The molecule has 2 amide bonds. The van der Waals surface area contributed by atoms with Gasteiger partial charge in [-0.3, -0.25) is 9.89 Å². The molecule has 0 radical (unpaired) electrons. The number of nitrogens with zero attached hydrogens (tertiary/aromatic N) is 2. The molecule has 1 aromatic rings. The summed E-state index contributed by atoms with van der Waals surface area (Å²) in [5, 5.41) is 20.2. The third-order valence-corrected chi connectivity index (χ3v) is 2.78. The van der Waals surface area contributed by atoms with Crippen LogP contribution in [0.2, 0.25) is 0 Å². The van der Waals surface area contributed by atoms with Gasteiger partial charge in [-0.25, -0.2) is 9.78 Å². The lowest BCUT2D eigenvalue weighted by atomic mass is 10.1. The zero-order valence-electron chi connectivity index (χ0n) is 9.06. The van der Waals surface area contributed by atoms with Crippen LogP contribution in [-0.4, -0.2) is 38.8 Å². The van der Waals surface area contributed by atoms with E-state index in [4.69, 9.17) is 5.11 Å². The van der Waals surface area contributed by atoms with Gasteiger partial charge in [0.2, 0.25) is 0 Å². The third kappa shape index (κ3) is 2.71. The molecule has 0 saturated heterocycles. The summed E-state index contributed by atoms with van der Waals surface area (Å²) in [4.78, 5) is 26.0. The van der Waals surface area contributed by atoms with Gasteiger partial charge in [-0.15, -0.1) is 0 Å². The number of aromatic amines is 1. The maximum Gasteiger partial charge on any atom is 0.315 e. The van der Waals surface area contributed by atoms with Crippen LogP contribution in [0.4, 0.5) is 4.79 Å². The number of rotatable bonds is 5. The number of H-pyrrole nitrogens is 1. The predicted octanol–water partition coefficient (Wildman–Crippen LogP) is -0.531. The van der Waals surface area contributed by atoms with E-state index in [-0.39, 0.29) is 13.1 Å². The molecule has 17 heavy (non-hydrogen) atoms. The number of hydrogen-bond acceptors (Lipinski definition) is 4. The monoisotopic (exact) mass is 239 g/mol. The second kappa shape index (κ2) is 4.40. The maximum atomic E-state index is 11.4. The number of nitrogens with one attached hydrogen (secondary N) is 3. The van der Waals surface area contributed by atoms with E-state index in [1.807, 2.05) is 0 Å². The Morgan fingerprint density at radius 2 is 2.24 bits per heavy atom. The Kier molecular flexibility index (Phi) is 2.94. The Morgan fingerprint density at radius 1 is 1.47 bits per heavy atom. The van der Waals surface area contributed by atoms with Crippen molar-refractivity contribution in [2.45, 2.75) is 19.4 Å². The number of carbonyl (C=O) groups excluding carboxylic acids is 1. The minimum atomic E-state index is -0.854. The van der Waals surface area contributed by atoms with Gasteiger partial charge < -0.3 is 15.7 Å². The number of amides is 2. The standard InChI is InChI=1S/C9H13N5O3/c15-7(16)9(1-2-9)4-11-8(17)10-3-6-12-5-13-14-6/h5H,1-4H2,(H,15,16)(H2,10,11,17)(H,12,13,14). The van der Waals surface area contributed by atoms with Crippen LogP contribution in [0.25, 0.3) is 0 Å². The molecule has 0 aromatic carbocycles. The maximum absolute atomic E-state index is 11.4. The quantitative estimate of drug-likeness (QED) is 0.550. The fourth-order valence-corrected chi connectivity index (χ4v) is 1.41. The lowest BCUT2D eigenvalue weighted by Crippen LogP contribution is -2.40. The fraction of sp³-hybridized carbons (Fsp3) is 0.556. The molecule has 0 aliphatic heterocycles. The van der Waals surface area contributed by atoms with Crippen LogP contribution in [0, 0.1) is 5.41 Å². The van der Waals surface area contributed by atoms with Crippen molar-refractivity contribution >= 4 is 12.0 Å². The van der Waals surface area contributed by atoms with Gasteiger partial charge in [0.05, 0.1) is 12.0 Å². The summed E-state index contributed by atoms with van der Waals surface area (Å²) in [6.45, 7) is 0.385. The highest BCUT2D eigenvalue weighted by molar-refractivity contribution is 5.80. The van der Waals surface area contributed by atoms with E-state index in [2.05, 4.69) is 25.8 Å². The molecular formula is C9H13N5O3. The average Bonchev–Trinajstić information content (AvgIpc) is 2.93. The number of carbonyl (C=O) groups is 2. The average molecular weight is 239 g/mol. The van der Waals surface area contributed by atoms with Crippen molar-refractivity contribution in [2.75, 3.05) is 6.54 Å². The van der Waals surface area contributed by atoms with E-state index < -0.39 is 17.4 Å². The zero-order valence-corrected chi connectivity index (χ0v) is 9.06. The smallest absolute Gasteiger partial charge is 0.315 e. The van der Waals surface area contributed by atoms with Gasteiger partial charge in [0.1, 0.15) is 12.2 Å².